The number of hydrogen-bond acceptors (Lipinski definition) is 2. The number of rotatable bonds is 0. The Hall–Kier alpha value is 0.780. The first-order valence-electron chi connectivity index (χ1n) is 0.565. The molecule has 0 atom stereocenters. The minimum absolute atomic E-state index is 0. The summed E-state index contributed by atoms with van der Waals surface area (Å²) in [7, 11) is -3.12. The van der Waals surface area contributed by atoms with Crippen molar-refractivity contribution in [1.29, 1.82) is 0 Å². The first-order valence-corrected chi connectivity index (χ1v) is 1.70. The zero-order valence-corrected chi connectivity index (χ0v) is 2.61. The third-order valence-corrected chi connectivity index (χ3v) is 0. The van der Waals surface area contributed by atoms with Crippen LogP contribution in [0.25, 0.3) is 0 Å². The molecule has 0 aliphatic heterocycles. The zero-order chi connectivity index (χ0) is 3.58. The standard InChI is InChI=1S/In.H2O3S.3H/c;1-4(2)3;;;/h;4H,(H,1,2,3);;;. The molecule has 0 aromatic carbocycles. The van der Waals surface area contributed by atoms with E-state index in [9.17, 15) is 0 Å². The third kappa shape index (κ3) is 60.7. The van der Waals surface area contributed by atoms with Crippen LogP contribution in [0.2, 0.25) is 0 Å². The van der Waals surface area contributed by atoms with Crippen LogP contribution in [0.1, 0.15) is 0 Å². The fourth-order valence-corrected chi connectivity index (χ4v) is 0. The Morgan fingerprint density at radius 1 is 1.40 bits per heavy atom. The van der Waals surface area contributed by atoms with Gasteiger partial charge in [0.1, 0.15) is 0 Å². The Morgan fingerprint density at radius 2 is 1.40 bits per heavy atom. The Labute approximate surface area is 49.9 Å². The van der Waals surface area contributed by atoms with E-state index in [1.165, 1.54) is 0 Å². The second-order valence-electron chi connectivity index (χ2n) is 0.238. The molecule has 1 N–H and O–H groups in total. The van der Waals surface area contributed by atoms with Gasteiger partial charge in [-0.25, -0.2) is 8.42 Å². The summed E-state index contributed by atoms with van der Waals surface area (Å²) in [6, 6.07) is 0. The van der Waals surface area contributed by atoms with Gasteiger partial charge in [0, 0.05) is 0 Å². The Balaban J connectivity index is 0. The summed E-state index contributed by atoms with van der Waals surface area (Å²) in [5, 5.41) is 0. The molecule has 0 amide bonds. The fourth-order valence-electron chi connectivity index (χ4n) is 0. The van der Waals surface area contributed by atoms with Crippen molar-refractivity contribution in [3.05, 3.63) is 0 Å². The van der Waals surface area contributed by atoms with Gasteiger partial charge in [-0.15, -0.1) is 0 Å². The molecule has 5 heavy (non-hydrogen) atoms. The zero-order valence-electron chi connectivity index (χ0n) is 1.71. The normalized spacial score (nSPS) is 6.80. The van der Waals surface area contributed by atoms with E-state index in [0.29, 0.717) is 0 Å². The second-order valence-corrected chi connectivity index (χ2v) is 0.714. The predicted molar refractivity (Wildman–Crippen MR) is 22.9 cm³/mol. The molecule has 0 unspecified atom stereocenters. The van der Waals surface area contributed by atoms with Gasteiger partial charge in [-0.1, -0.05) is 0 Å². The van der Waals surface area contributed by atoms with Crippen LogP contribution >= 0.6 is 0 Å². The van der Waals surface area contributed by atoms with E-state index in [0.717, 1.165) is 0 Å². The van der Waals surface area contributed by atoms with Crippen LogP contribution in [0.15, 0.2) is 0 Å². The SMILES string of the molecule is O=[SH](=O)O.[InH3]. The summed E-state index contributed by atoms with van der Waals surface area (Å²) >= 11 is 0. The molecular formula is H5InO3S. The van der Waals surface area contributed by atoms with Crippen molar-refractivity contribution in [2.45, 2.75) is 0 Å². The Morgan fingerprint density at radius 3 is 1.40 bits per heavy atom. The molecule has 0 fully saturated rings. The molecule has 3 nitrogen and oxygen atoms in total. The van der Waals surface area contributed by atoms with E-state index in [1.807, 2.05) is 0 Å². The van der Waals surface area contributed by atoms with Crippen LogP contribution < -0.4 is 0 Å². The molecule has 0 saturated heterocycles. The molecule has 0 heterocycles. The van der Waals surface area contributed by atoms with Crippen LogP contribution in [0.3, 0.4) is 0 Å². The van der Waals surface area contributed by atoms with E-state index in [4.69, 9.17) is 13.0 Å². The quantitative estimate of drug-likeness (QED) is 0.347. The van der Waals surface area contributed by atoms with E-state index in [1.54, 1.807) is 0 Å². The summed E-state index contributed by atoms with van der Waals surface area (Å²) in [5.74, 6) is 0. The van der Waals surface area contributed by atoms with Crippen molar-refractivity contribution in [1.82, 2.24) is 0 Å². The molecule has 0 aromatic rings. The fraction of sp³-hybridized carbons (Fsp3) is 0. The summed E-state index contributed by atoms with van der Waals surface area (Å²) in [6.45, 7) is 0. The maximum atomic E-state index is 8.59. The number of thiol groups is 1. The van der Waals surface area contributed by atoms with E-state index in [2.05, 4.69) is 0 Å². The van der Waals surface area contributed by atoms with Crippen LogP contribution in [0.5, 0.6) is 0 Å². The van der Waals surface area contributed by atoms with Crippen molar-refractivity contribution in [2.75, 3.05) is 0 Å². The van der Waals surface area contributed by atoms with Gasteiger partial charge in [-0.05, 0) is 0 Å². The Kier molecular flexibility index (Phi) is 8.84. The first-order chi connectivity index (χ1) is 1.73. The average molecular weight is 200 g/mol. The number of hydrogen-bond donors (Lipinski definition) is 2. The molecule has 0 bridgehead atoms. The summed E-state index contributed by atoms with van der Waals surface area (Å²) < 4.78 is 24.2. The molecule has 0 saturated carbocycles. The monoisotopic (exact) mass is 200 g/mol. The van der Waals surface area contributed by atoms with Gasteiger partial charge in [0.05, 0.1) is 0 Å². The topological polar surface area (TPSA) is 54.4 Å². The third-order valence-electron chi connectivity index (χ3n) is 0. The molecular weight excluding hydrogens is 195 g/mol. The van der Waals surface area contributed by atoms with Crippen LogP contribution in [0.4, 0.5) is 0 Å². The molecule has 0 aliphatic carbocycles. The van der Waals surface area contributed by atoms with Crippen molar-refractivity contribution in [3.63, 3.8) is 0 Å². The summed E-state index contributed by atoms with van der Waals surface area (Å²) in [4.78, 5) is 0. The molecule has 0 spiro atoms. The predicted octanol–water partition coefficient (Wildman–Crippen LogP) is -2.11. The van der Waals surface area contributed by atoms with E-state index >= 15 is 0 Å². The van der Waals surface area contributed by atoms with Crippen LogP contribution in [0, 0.1) is 0 Å². The van der Waals surface area contributed by atoms with Gasteiger partial charge < -0.3 is 0 Å². The van der Waals surface area contributed by atoms with Crippen LogP contribution in [-0.2, 0) is 11.0 Å². The van der Waals surface area contributed by atoms with Crippen molar-refractivity contribution in [2.24, 2.45) is 0 Å². The van der Waals surface area contributed by atoms with Gasteiger partial charge in [0.2, 0.25) is 0 Å². The van der Waals surface area contributed by atoms with E-state index in [-0.39, 0.29) is 25.8 Å². The minimum atomic E-state index is -3.12. The van der Waals surface area contributed by atoms with Gasteiger partial charge in [0.15, 0.2) is 0 Å². The Bertz CT molecular complexity index is 55.3. The molecule has 0 aliphatic rings. The molecule has 0 rings (SSSR count). The van der Waals surface area contributed by atoms with Gasteiger partial charge in [0.25, 0.3) is 11.0 Å². The average Bonchev–Trinajstić information content (AvgIpc) is 0.811. The molecule has 5 heteroatoms. The first kappa shape index (κ1) is 9.24. The van der Waals surface area contributed by atoms with E-state index < -0.39 is 11.0 Å². The summed E-state index contributed by atoms with van der Waals surface area (Å²) in [6.07, 6.45) is 0. The maximum absolute atomic E-state index is 8.59. The molecule has 0 aromatic heterocycles. The second kappa shape index (κ2) is 4.78. The van der Waals surface area contributed by atoms with Crippen molar-refractivity contribution in [3.8, 4) is 0 Å². The van der Waals surface area contributed by atoms with Gasteiger partial charge >= 0.3 is 25.8 Å². The van der Waals surface area contributed by atoms with Crippen molar-refractivity contribution < 1.29 is 13.0 Å². The van der Waals surface area contributed by atoms with Gasteiger partial charge in [-0.3, -0.25) is 4.55 Å². The van der Waals surface area contributed by atoms with Crippen molar-refractivity contribution >= 4 is 36.8 Å². The van der Waals surface area contributed by atoms with Crippen LogP contribution in [-0.4, -0.2) is 38.8 Å². The molecule has 32 valence electrons. The van der Waals surface area contributed by atoms with Gasteiger partial charge in [-0.2, -0.15) is 0 Å². The molecule has 0 radical (unpaired) electrons. The summed E-state index contributed by atoms with van der Waals surface area (Å²) in [5.41, 5.74) is 0.